The molecule has 1 fully saturated rings. The Hall–Kier alpha value is -3.81. The predicted molar refractivity (Wildman–Crippen MR) is 121 cm³/mol. The van der Waals surface area contributed by atoms with Crippen LogP contribution in [0.4, 0.5) is 10.5 Å². The van der Waals surface area contributed by atoms with Gasteiger partial charge in [-0.05, 0) is 44.0 Å². The number of carbonyl (C=O) groups is 3. The summed E-state index contributed by atoms with van der Waals surface area (Å²) in [5.41, 5.74) is 2.26. The lowest BCUT2D eigenvalue weighted by Crippen LogP contribution is -2.38. The van der Waals surface area contributed by atoms with E-state index in [-0.39, 0.29) is 11.8 Å². The summed E-state index contributed by atoms with van der Waals surface area (Å²) in [5, 5.41) is 5.31. The van der Waals surface area contributed by atoms with Gasteiger partial charge in [-0.2, -0.15) is 0 Å². The van der Waals surface area contributed by atoms with Crippen LogP contribution in [0.1, 0.15) is 31.9 Å². The SMILES string of the molecule is CCc1ccccc1NC(=O)CN1C(=O)N/C(=C/c2cccc(OC)c2OC(C)C)C1=O. The first-order valence-electron chi connectivity index (χ1n) is 10.4. The zero-order valence-corrected chi connectivity index (χ0v) is 18.6. The smallest absolute Gasteiger partial charge is 0.329 e. The average Bonchev–Trinajstić information content (AvgIpc) is 3.02. The molecule has 0 unspecified atom stereocenters. The maximum atomic E-state index is 12.8. The lowest BCUT2D eigenvalue weighted by molar-refractivity contribution is -0.127. The van der Waals surface area contributed by atoms with Crippen molar-refractivity contribution in [3.63, 3.8) is 0 Å². The van der Waals surface area contributed by atoms with E-state index in [1.807, 2.05) is 39.0 Å². The van der Waals surface area contributed by atoms with Gasteiger partial charge >= 0.3 is 6.03 Å². The highest BCUT2D eigenvalue weighted by Gasteiger charge is 2.35. The quantitative estimate of drug-likeness (QED) is 0.486. The van der Waals surface area contributed by atoms with Gasteiger partial charge in [-0.15, -0.1) is 0 Å². The van der Waals surface area contributed by atoms with Gasteiger partial charge in [-0.25, -0.2) is 9.69 Å². The maximum Gasteiger partial charge on any atom is 0.329 e. The second-order valence-electron chi connectivity index (χ2n) is 7.48. The van der Waals surface area contributed by atoms with Crippen molar-refractivity contribution < 1.29 is 23.9 Å². The Morgan fingerprint density at radius 2 is 1.91 bits per heavy atom. The van der Waals surface area contributed by atoms with E-state index in [4.69, 9.17) is 9.47 Å². The van der Waals surface area contributed by atoms with Gasteiger partial charge in [0.1, 0.15) is 12.2 Å². The molecule has 0 saturated carbocycles. The Bertz CT molecular complexity index is 1060. The summed E-state index contributed by atoms with van der Waals surface area (Å²) in [6.45, 7) is 5.34. The summed E-state index contributed by atoms with van der Waals surface area (Å²) in [7, 11) is 1.53. The third kappa shape index (κ3) is 5.08. The highest BCUT2D eigenvalue weighted by molar-refractivity contribution is 6.16. The van der Waals surface area contributed by atoms with E-state index in [9.17, 15) is 14.4 Å². The first-order valence-corrected chi connectivity index (χ1v) is 10.4. The van der Waals surface area contributed by atoms with Crippen LogP contribution in [-0.4, -0.2) is 42.5 Å². The van der Waals surface area contributed by atoms with Gasteiger partial charge in [0, 0.05) is 11.3 Å². The number of amides is 4. The van der Waals surface area contributed by atoms with E-state index in [0.29, 0.717) is 22.7 Å². The normalized spacial score (nSPS) is 14.7. The maximum absolute atomic E-state index is 12.8. The Morgan fingerprint density at radius 1 is 1.16 bits per heavy atom. The van der Waals surface area contributed by atoms with E-state index >= 15 is 0 Å². The van der Waals surface area contributed by atoms with E-state index in [1.165, 1.54) is 13.2 Å². The molecule has 1 aliphatic heterocycles. The van der Waals surface area contributed by atoms with Gasteiger partial charge in [0.2, 0.25) is 5.91 Å². The van der Waals surface area contributed by atoms with Crippen LogP contribution < -0.4 is 20.1 Å². The lowest BCUT2D eigenvalue weighted by atomic mass is 10.1. The second-order valence-corrected chi connectivity index (χ2v) is 7.48. The topological polar surface area (TPSA) is 97.0 Å². The molecule has 0 radical (unpaired) electrons. The summed E-state index contributed by atoms with van der Waals surface area (Å²) >= 11 is 0. The van der Waals surface area contributed by atoms with Crippen LogP contribution in [0, 0.1) is 0 Å². The van der Waals surface area contributed by atoms with Gasteiger partial charge in [0.25, 0.3) is 5.91 Å². The third-order valence-electron chi connectivity index (χ3n) is 4.82. The molecule has 1 saturated heterocycles. The highest BCUT2D eigenvalue weighted by Crippen LogP contribution is 2.33. The standard InChI is InChI=1S/C24H27N3O5/c1-5-16-9-6-7-11-18(16)25-21(28)14-27-23(29)19(26-24(27)30)13-17-10-8-12-20(31-4)22(17)32-15(2)3/h6-13,15H,5,14H2,1-4H3,(H,25,28)(H,26,30)/b19-13+. The lowest BCUT2D eigenvalue weighted by Gasteiger charge is -2.16. The molecule has 1 aliphatic rings. The molecule has 0 spiro atoms. The number of anilines is 1. The number of hydrogen-bond donors (Lipinski definition) is 2. The van der Waals surface area contributed by atoms with Crippen molar-refractivity contribution in [1.29, 1.82) is 0 Å². The van der Waals surface area contributed by atoms with Crippen LogP contribution in [0.5, 0.6) is 11.5 Å². The number of methoxy groups -OCH3 is 1. The third-order valence-corrected chi connectivity index (χ3v) is 4.82. The first kappa shape index (κ1) is 22.9. The Morgan fingerprint density at radius 3 is 2.59 bits per heavy atom. The number of aryl methyl sites for hydroxylation is 1. The number of hydrogen-bond acceptors (Lipinski definition) is 5. The molecule has 168 valence electrons. The van der Waals surface area contributed by atoms with Gasteiger partial charge in [0.15, 0.2) is 11.5 Å². The molecule has 2 N–H and O–H groups in total. The Labute approximate surface area is 187 Å². The average molecular weight is 437 g/mol. The minimum atomic E-state index is -0.658. The summed E-state index contributed by atoms with van der Waals surface area (Å²) < 4.78 is 11.2. The monoisotopic (exact) mass is 437 g/mol. The molecule has 32 heavy (non-hydrogen) atoms. The van der Waals surface area contributed by atoms with Gasteiger partial charge in [-0.1, -0.05) is 37.3 Å². The largest absolute Gasteiger partial charge is 0.493 e. The molecule has 4 amide bonds. The molecular formula is C24H27N3O5. The molecule has 2 aromatic carbocycles. The number of urea groups is 1. The number of nitrogens with zero attached hydrogens (tertiary/aromatic N) is 1. The number of para-hydroxylation sites is 2. The summed E-state index contributed by atoms with van der Waals surface area (Å²) in [6.07, 6.45) is 2.14. The molecule has 2 aromatic rings. The minimum Gasteiger partial charge on any atom is -0.493 e. The van der Waals surface area contributed by atoms with Crippen molar-refractivity contribution >= 4 is 29.6 Å². The van der Waals surface area contributed by atoms with Crippen LogP contribution in [0.15, 0.2) is 48.2 Å². The summed E-state index contributed by atoms with van der Waals surface area (Å²) in [5.74, 6) is -0.0735. The molecule has 0 aromatic heterocycles. The highest BCUT2D eigenvalue weighted by atomic mass is 16.5. The zero-order valence-electron chi connectivity index (χ0n) is 18.6. The Kier molecular flexibility index (Phi) is 7.14. The van der Waals surface area contributed by atoms with Crippen molar-refractivity contribution in [3.05, 3.63) is 59.3 Å². The number of ether oxygens (including phenoxy) is 2. The number of carbonyl (C=O) groups excluding carboxylic acids is 3. The second kappa shape index (κ2) is 10.00. The fourth-order valence-corrected chi connectivity index (χ4v) is 3.32. The van der Waals surface area contributed by atoms with Gasteiger partial charge < -0.3 is 20.1 Å². The molecule has 0 aliphatic carbocycles. The first-order chi connectivity index (χ1) is 15.3. The van der Waals surface area contributed by atoms with Gasteiger partial charge in [0.05, 0.1) is 13.2 Å². The molecule has 0 atom stereocenters. The predicted octanol–water partition coefficient (Wildman–Crippen LogP) is 3.58. The number of benzene rings is 2. The van der Waals surface area contributed by atoms with E-state index in [2.05, 4.69) is 10.6 Å². The van der Waals surface area contributed by atoms with Crippen LogP contribution in [0.3, 0.4) is 0 Å². The molecular weight excluding hydrogens is 410 g/mol. The number of nitrogens with one attached hydrogen (secondary N) is 2. The fourth-order valence-electron chi connectivity index (χ4n) is 3.32. The Balaban J connectivity index is 1.79. The van der Waals surface area contributed by atoms with Crippen molar-refractivity contribution in [1.82, 2.24) is 10.2 Å². The van der Waals surface area contributed by atoms with Crippen molar-refractivity contribution in [2.24, 2.45) is 0 Å². The van der Waals surface area contributed by atoms with E-state index in [1.54, 1.807) is 24.3 Å². The van der Waals surface area contributed by atoms with Crippen LogP contribution >= 0.6 is 0 Å². The van der Waals surface area contributed by atoms with Crippen molar-refractivity contribution in [2.45, 2.75) is 33.3 Å². The minimum absolute atomic E-state index is 0.0543. The molecule has 8 nitrogen and oxygen atoms in total. The van der Waals surface area contributed by atoms with Crippen molar-refractivity contribution in [3.8, 4) is 11.5 Å². The van der Waals surface area contributed by atoms with E-state index < -0.39 is 24.4 Å². The fraction of sp³-hybridized carbons (Fsp3) is 0.292. The number of rotatable bonds is 8. The van der Waals surface area contributed by atoms with Gasteiger partial charge in [-0.3, -0.25) is 9.59 Å². The molecule has 1 heterocycles. The summed E-state index contributed by atoms with van der Waals surface area (Å²) in [6, 6.07) is 12.0. The zero-order chi connectivity index (χ0) is 23.3. The van der Waals surface area contributed by atoms with Crippen molar-refractivity contribution in [2.75, 3.05) is 19.0 Å². The van der Waals surface area contributed by atoms with Crippen LogP contribution in [-0.2, 0) is 16.0 Å². The van der Waals surface area contributed by atoms with Crippen LogP contribution in [0.25, 0.3) is 6.08 Å². The summed E-state index contributed by atoms with van der Waals surface area (Å²) in [4.78, 5) is 38.6. The molecule has 3 rings (SSSR count). The van der Waals surface area contributed by atoms with Crippen LogP contribution in [0.2, 0.25) is 0 Å². The molecule has 8 heteroatoms. The van der Waals surface area contributed by atoms with E-state index in [0.717, 1.165) is 16.9 Å². The molecule has 0 bridgehead atoms. The number of imide groups is 1.